The molecule has 0 aromatic carbocycles. The molecule has 155 valence electrons. The summed E-state index contributed by atoms with van der Waals surface area (Å²) in [6.07, 6.45) is 10.0. The van der Waals surface area contributed by atoms with Crippen LogP contribution in [0.2, 0.25) is 0 Å². The van der Waals surface area contributed by atoms with E-state index in [4.69, 9.17) is 4.74 Å². The molecule has 3 aromatic heterocycles. The number of anilines is 3. The maximum absolute atomic E-state index is 12.5. The predicted molar refractivity (Wildman–Crippen MR) is 116 cm³/mol. The highest BCUT2D eigenvalue weighted by Crippen LogP contribution is 2.30. The van der Waals surface area contributed by atoms with E-state index in [1.165, 1.54) is 12.5 Å². The molecular weight excluding hydrogens is 394 g/mol. The summed E-state index contributed by atoms with van der Waals surface area (Å²) in [5, 5.41) is 7.14. The molecular formula is C22H20N7O2. The van der Waals surface area contributed by atoms with Crippen LogP contribution in [0.25, 0.3) is 17.3 Å². The molecule has 9 nitrogen and oxygen atoms in total. The van der Waals surface area contributed by atoms with Crippen molar-refractivity contribution < 1.29 is 9.53 Å². The van der Waals surface area contributed by atoms with Gasteiger partial charge >= 0.3 is 0 Å². The maximum atomic E-state index is 12.5. The first-order chi connectivity index (χ1) is 15.2. The quantitative estimate of drug-likeness (QED) is 0.694. The van der Waals surface area contributed by atoms with Crippen LogP contribution in [0.3, 0.4) is 0 Å². The zero-order valence-electron chi connectivity index (χ0n) is 16.9. The molecule has 1 radical (unpaired) electrons. The number of aromatic nitrogens is 4. The lowest BCUT2D eigenvalue weighted by molar-refractivity contribution is 0.0529. The van der Waals surface area contributed by atoms with Gasteiger partial charge in [0.1, 0.15) is 18.0 Å². The highest BCUT2D eigenvalue weighted by atomic mass is 16.5. The Labute approximate surface area is 179 Å². The van der Waals surface area contributed by atoms with E-state index in [0.29, 0.717) is 23.7 Å². The van der Waals surface area contributed by atoms with E-state index >= 15 is 0 Å². The van der Waals surface area contributed by atoms with Gasteiger partial charge in [0, 0.05) is 37.2 Å². The molecule has 0 saturated carbocycles. The fourth-order valence-electron chi connectivity index (χ4n) is 3.65. The molecule has 1 atom stereocenters. The third kappa shape index (κ3) is 3.95. The molecule has 0 bridgehead atoms. The lowest BCUT2D eigenvalue weighted by Crippen LogP contribution is -2.41. The Morgan fingerprint density at radius 1 is 1.19 bits per heavy atom. The molecule has 5 heterocycles. The average Bonchev–Trinajstić information content (AvgIpc) is 2.80. The average molecular weight is 414 g/mol. The number of carbonyl (C=O) groups excluding carboxylic acids is 1. The van der Waals surface area contributed by atoms with Crippen molar-refractivity contribution >= 4 is 29.3 Å². The number of nitrogens with one attached hydrogen (secondary N) is 1. The summed E-state index contributed by atoms with van der Waals surface area (Å²) in [5.74, 6) is 0.971. The Hall–Kier alpha value is -3.85. The Morgan fingerprint density at radius 3 is 2.84 bits per heavy atom. The normalized spacial score (nSPS) is 17.8. The molecule has 3 aromatic rings. The van der Waals surface area contributed by atoms with E-state index < -0.39 is 0 Å². The molecule has 9 heteroatoms. The smallest absolute Gasteiger partial charge is 0.281 e. The van der Waals surface area contributed by atoms with Gasteiger partial charge in [-0.15, -0.1) is 0 Å². The van der Waals surface area contributed by atoms with Crippen molar-refractivity contribution in [3.8, 4) is 11.3 Å². The number of ether oxygens (including phenoxy) is 1. The number of pyridine rings is 2. The topological polar surface area (TPSA) is 107 Å². The molecule has 2 aliphatic heterocycles. The van der Waals surface area contributed by atoms with E-state index in [1.807, 2.05) is 18.2 Å². The summed E-state index contributed by atoms with van der Waals surface area (Å²) < 4.78 is 5.60. The number of carbonyl (C=O) groups is 1. The van der Waals surface area contributed by atoms with Gasteiger partial charge in [-0.25, -0.2) is 25.3 Å². The number of rotatable bonds is 4. The van der Waals surface area contributed by atoms with Gasteiger partial charge in [-0.05, 0) is 36.8 Å². The van der Waals surface area contributed by atoms with Crippen LogP contribution in [-0.4, -0.2) is 51.6 Å². The van der Waals surface area contributed by atoms with Gasteiger partial charge in [0.25, 0.3) is 5.91 Å². The van der Waals surface area contributed by atoms with Crippen molar-refractivity contribution in [2.24, 2.45) is 0 Å². The number of amides is 1. The summed E-state index contributed by atoms with van der Waals surface area (Å²) in [4.78, 5) is 32.0. The van der Waals surface area contributed by atoms with Gasteiger partial charge in [-0.1, -0.05) is 0 Å². The second-order valence-electron chi connectivity index (χ2n) is 7.35. The van der Waals surface area contributed by atoms with Gasteiger partial charge in [0.15, 0.2) is 0 Å². The maximum Gasteiger partial charge on any atom is 0.281 e. The Balaban J connectivity index is 1.47. The molecule has 31 heavy (non-hydrogen) atoms. The zero-order valence-corrected chi connectivity index (χ0v) is 16.9. The summed E-state index contributed by atoms with van der Waals surface area (Å²) in [7, 11) is 0. The standard InChI is InChI=1S/C22H20N7O2/c1-14-12-29(6-7-31-14)19-3-2-17(11-26-19)27-21-20-15(4-5-25-22(20)30)8-18(28-21)16-9-23-13-24-10-16/h2-5,8-11,13-14H,6-7,12H2,1H3,(H,27,28)/t14-/m1/s1. The van der Waals surface area contributed by atoms with E-state index in [9.17, 15) is 4.79 Å². The molecule has 5 rings (SSSR count). The molecule has 1 fully saturated rings. The fourth-order valence-corrected chi connectivity index (χ4v) is 3.65. The number of hydrogen-bond donors (Lipinski definition) is 1. The van der Waals surface area contributed by atoms with Crippen molar-refractivity contribution in [3.63, 3.8) is 0 Å². The van der Waals surface area contributed by atoms with Crippen molar-refractivity contribution in [1.82, 2.24) is 25.3 Å². The summed E-state index contributed by atoms with van der Waals surface area (Å²) in [5.41, 5.74) is 3.31. The van der Waals surface area contributed by atoms with Gasteiger partial charge in [-0.3, -0.25) is 4.79 Å². The summed E-state index contributed by atoms with van der Waals surface area (Å²) >= 11 is 0. The number of nitrogens with zero attached hydrogens (tertiary/aromatic N) is 6. The van der Waals surface area contributed by atoms with Crippen molar-refractivity contribution in [1.29, 1.82) is 0 Å². The van der Waals surface area contributed by atoms with Crippen LogP contribution in [0.5, 0.6) is 0 Å². The number of hydrogen-bond acceptors (Lipinski definition) is 8. The van der Waals surface area contributed by atoms with Gasteiger partial charge in [-0.2, -0.15) is 0 Å². The van der Waals surface area contributed by atoms with E-state index in [0.717, 1.165) is 35.7 Å². The third-order valence-electron chi connectivity index (χ3n) is 5.14. The van der Waals surface area contributed by atoms with Crippen LogP contribution in [0.4, 0.5) is 17.3 Å². The second kappa shape index (κ2) is 8.11. The largest absolute Gasteiger partial charge is 0.375 e. The van der Waals surface area contributed by atoms with Crippen molar-refractivity contribution in [3.05, 3.63) is 60.4 Å². The number of morpholine rings is 1. The molecule has 0 spiro atoms. The first kappa shape index (κ1) is 19.1. The number of fused-ring (bicyclic) bond motifs is 1. The SMILES string of the molecule is C[C@@H]1CN(c2ccc(Nc3nc(-c4cncnc4)cc4c3C(=O)[N]C=C4)cn2)CCO1. The highest BCUT2D eigenvalue weighted by molar-refractivity contribution is 6.05. The Bertz CT molecular complexity index is 1130. The molecule has 1 amide bonds. The van der Waals surface area contributed by atoms with Crippen LogP contribution in [-0.2, 0) is 4.74 Å². The first-order valence-corrected chi connectivity index (χ1v) is 9.99. The highest BCUT2D eigenvalue weighted by Gasteiger charge is 2.23. The Kier molecular flexibility index (Phi) is 5.01. The molecule has 2 aliphatic rings. The minimum Gasteiger partial charge on any atom is -0.375 e. The van der Waals surface area contributed by atoms with Crippen LogP contribution < -0.4 is 15.5 Å². The third-order valence-corrected chi connectivity index (χ3v) is 5.14. The monoisotopic (exact) mass is 414 g/mol. The minimum atomic E-state index is -0.338. The Morgan fingerprint density at radius 2 is 2.06 bits per heavy atom. The van der Waals surface area contributed by atoms with E-state index in [2.05, 4.69) is 42.4 Å². The lowest BCUT2D eigenvalue weighted by atomic mass is 10.0. The van der Waals surface area contributed by atoms with Crippen LogP contribution in [0.1, 0.15) is 22.8 Å². The van der Waals surface area contributed by atoms with Crippen LogP contribution in [0, 0.1) is 0 Å². The zero-order chi connectivity index (χ0) is 21.2. The van der Waals surface area contributed by atoms with E-state index in [1.54, 1.807) is 24.7 Å². The summed E-state index contributed by atoms with van der Waals surface area (Å²) in [6, 6.07) is 5.71. The molecule has 1 saturated heterocycles. The summed E-state index contributed by atoms with van der Waals surface area (Å²) in [6.45, 7) is 4.35. The molecule has 0 aliphatic carbocycles. The first-order valence-electron chi connectivity index (χ1n) is 9.99. The van der Waals surface area contributed by atoms with Crippen LogP contribution in [0.15, 0.2) is 49.3 Å². The van der Waals surface area contributed by atoms with Crippen molar-refractivity contribution in [2.75, 3.05) is 29.9 Å². The van der Waals surface area contributed by atoms with Gasteiger partial charge in [0.05, 0.1) is 35.9 Å². The van der Waals surface area contributed by atoms with Gasteiger partial charge in [0.2, 0.25) is 0 Å². The van der Waals surface area contributed by atoms with Gasteiger partial charge < -0.3 is 15.0 Å². The fraction of sp³-hybridized carbons (Fsp3) is 0.227. The van der Waals surface area contributed by atoms with Crippen LogP contribution >= 0.6 is 0 Å². The minimum absolute atomic E-state index is 0.177. The lowest BCUT2D eigenvalue weighted by Gasteiger charge is -2.32. The molecule has 0 unspecified atom stereocenters. The predicted octanol–water partition coefficient (Wildman–Crippen LogP) is 2.63. The molecule has 1 N–H and O–H groups in total. The van der Waals surface area contributed by atoms with Crippen molar-refractivity contribution in [2.45, 2.75) is 13.0 Å². The van der Waals surface area contributed by atoms with E-state index in [-0.39, 0.29) is 12.0 Å². The second-order valence-corrected chi connectivity index (χ2v) is 7.35.